The Balaban J connectivity index is 1.44. The molecule has 1 aromatic carbocycles. The number of amides is 2. The van der Waals surface area contributed by atoms with Crippen molar-refractivity contribution in [2.45, 2.75) is 43.4 Å². The minimum Gasteiger partial charge on any atom is -0.337 e. The van der Waals surface area contributed by atoms with Gasteiger partial charge in [-0.15, -0.1) is 11.6 Å². The predicted molar refractivity (Wildman–Crippen MR) is 143 cm³/mol. The highest BCUT2D eigenvalue weighted by Crippen LogP contribution is 2.44. The summed E-state index contributed by atoms with van der Waals surface area (Å²) in [7, 11) is 0. The van der Waals surface area contributed by atoms with Crippen LogP contribution in [-0.2, 0) is 0 Å². The number of carbonyl (C=O) groups is 1. The number of carbonyl (C=O) groups excluding carboxylic acids is 1. The van der Waals surface area contributed by atoms with E-state index in [1.165, 1.54) is 18.2 Å². The maximum absolute atomic E-state index is 13.6. The van der Waals surface area contributed by atoms with Crippen LogP contribution in [0.4, 0.5) is 22.4 Å². The molecule has 2 amide bonds. The van der Waals surface area contributed by atoms with Gasteiger partial charge in [-0.25, -0.2) is 9.18 Å². The second kappa shape index (κ2) is 12.4. The number of benzene rings is 1. The van der Waals surface area contributed by atoms with Gasteiger partial charge in [-0.05, 0) is 85.2 Å². The molecule has 1 heterocycles. The fraction of sp³-hybridized carbons (Fsp3) is 0.448. The van der Waals surface area contributed by atoms with Crippen LogP contribution in [0.1, 0.15) is 36.8 Å². The Morgan fingerprint density at radius 1 is 1.21 bits per heavy atom. The third-order valence-corrected chi connectivity index (χ3v) is 8.10. The number of urea groups is 1. The van der Waals surface area contributed by atoms with Gasteiger partial charge in [0.2, 0.25) is 0 Å². The number of alkyl halides is 5. The molecule has 3 aliphatic rings. The van der Waals surface area contributed by atoms with Crippen LogP contribution in [0.15, 0.2) is 66.4 Å². The van der Waals surface area contributed by atoms with Crippen LogP contribution in [0.2, 0.25) is 0 Å². The van der Waals surface area contributed by atoms with Gasteiger partial charge >= 0.3 is 12.2 Å². The molecule has 1 fully saturated rings. The molecule has 3 atom stereocenters. The van der Waals surface area contributed by atoms with Gasteiger partial charge in [0.1, 0.15) is 6.17 Å². The van der Waals surface area contributed by atoms with Crippen molar-refractivity contribution in [1.29, 1.82) is 5.26 Å². The zero-order chi connectivity index (χ0) is 28.0. The highest BCUT2D eigenvalue weighted by Gasteiger charge is 2.41. The van der Waals surface area contributed by atoms with Gasteiger partial charge in [-0.2, -0.15) is 18.4 Å². The van der Waals surface area contributed by atoms with Crippen molar-refractivity contribution in [3.05, 3.63) is 77.5 Å². The molecule has 39 heavy (non-hydrogen) atoms. The lowest BCUT2D eigenvalue weighted by Gasteiger charge is -2.46. The molecule has 10 heteroatoms. The monoisotopic (exact) mass is 562 g/mol. The summed E-state index contributed by atoms with van der Waals surface area (Å²) < 4.78 is 51.9. The quantitative estimate of drug-likeness (QED) is 0.305. The van der Waals surface area contributed by atoms with E-state index in [0.717, 1.165) is 11.1 Å². The van der Waals surface area contributed by atoms with E-state index in [1.807, 2.05) is 29.2 Å². The first-order valence-corrected chi connectivity index (χ1v) is 13.4. The molecular formula is C29H31ClF4N4O. The Morgan fingerprint density at radius 2 is 1.97 bits per heavy atom. The predicted octanol–water partition coefficient (Wildman–Crippen LogP) is 6.25. The van der Waals surface area contributed by atoms with Crippen molar-refractivity contribution in [3.63, 3.8) is 0 Å². The van der Waals surface area contributed by atoms with Gasteiger partial charge in [-0.1, -0.05) is 30.4 Å². The summed E-state index contributed by atoms with van der Waals surface area (Å²) in [5, 5.41) is 14.0. The zero-order valence-electron chi connectivity index (χ0n) is 21.4. The van der Waals surface area contributed by atoms with Gasteiger partial charge in [0.05, 0.1) is 23.4 Å². The maximum atomic E-state index is 13.6. The number of hydrogen-bond acceptors (Lipinski definition) is 3. The standard InChI is InChI=1S/C29H31ClF4N4O/c30-25-17-24(8-9-26(25)31)37-27(39)36-19-28(10-13-38(14-11-28)15-12-29(32,33)34)23-6-4-21(5-7-23)22-3-1-2-20(16-22)18-35/h1-6,8-9,16-17,23,25-26H,7,10-15,19H2,(H2,36,37,39). The molecule has 4 rings (SSSR count). The van der Waals surface area contributed by atoms with Gasteiger partial charge < -0.3 is 15.5 Å². The normalized spacial score (nSPS) is 24.9. The molecule has 1 aromatic rings. The third-order valence-electron chi connectivity index (χ3n) is 7.74. The van der Waals surface area contributed by atoms with Crippen molar-refractivity contribution < 1.29 is 22.4 Å². The zero-order valence-corrected chi connectivity index (χ0v) is 22.1. The number of nitriles is 1. The summed E-state index contributed by atoms with van der Waals surface area (Å²) in [6.45, 7) is 1.30. The van der Waals surface area contributed by atoms with E-state index in [2.05, 4.69) is 28.9 Å². The van der Waals surface area contributed by atoms with Gasteiger partial charge in [-0.3, -0.25) is 0 Å². The molecule has 208 valence electrons. The topological polar surface area (TPSA) is 68.2 Å². The molecule has 2 N–H and O–H groups in total. The van der Waals surface area contributed by atoms with Crippen LogP contribution in [0, 0.1) is 22.7 Å². The Labute approximate surface area is 230 Å². The van der Waals surface area contributed by atoms with Gasteiger partial charge in [0.25, 0.3) is 0 Å². The van der Waals surface area contributed by atoms with Crippen molar-refractivity contribution in [2.75, 3.05) is 26.2 Å². The molecular weight excluding hydrogens is 532 g/mol. The Bertz CT molecular complexity index is 1210. The van der Waals surface area contributed by atoms with Crippen LogP contribution >= 0.6 is 11.6 Å². The maximum Gasteiger partial charge on any atom is 0.390 e. The Morgan fingerprint density at radius 3 is 2.62 bits per heavy atom. The summed E-state index contributed by atoms with van der Waals surface area (Å²) in [6, 6.07) is 9.08. The second-order valence-corrected chi connectivity index (χ2v) is 10.8. The Hall–Kier alpha value is -3.09. The molecule has 0 spiro atoms. The van der Waals surface area contributed by atoms with E-state index < -0.39 is 30.2 Å². The molecule has 5 nitrogen and oxygen atoms in total. The van der Waals surface area contributed by atoms with Gasteiger partial charge in [0, 0.05) is 18.8 Å². The van der Waals surface area contributed by atoms with Crippen LogP contribution in [-0.4, -0.2) is 54.8 Å². The largest absolute Gasteiger partial charge is 0.390 e. The van der Waals surface area contributed by atoms with Crippen LogP contribution in [0.5, 0.6) is 0 Å². The summed E-state index contributed by atoms with van der Waals surface area (Å²) in [5.74, 6) is 0.0683. The minimum absolute atomic E-state index is 0.0388. The van der Waals surface area contributed by atoms with Crippen molar-refractivity contribution in [3.8, 4) is 6.07 Å². The van der Waals surface area contributed by atoms with Crippen molar-refractivity contribution >= 4 is 23.2 Å². The molecule has 0 radical (unpaired) electrons. The lowest BCUT2D eigenvalue weighted by molar-refractivity contribution is -0.139. The lowest BCUT2D eigenvalue weighted by atomic mass is 9.66. The van der Waals surface area contributed by atoms with E-state index in [0.29, 0.717) is 50.2 Å². The van der Waals surface area contributed by atoms with E-state index in [4.69, 9.17) is 11.6 Å². The van der Waals surface area contributed by atoms with Crippen LogP contribution in [0.25, 0.3) is 5.57 Å². The number of nitrogens with zero attached hydrogens (tertiary/aromatic N) is 2. The first-order chi connectivity index (χ1) is 18.6. The third kappa shape index (κ3) is 7.74. The van der Waals surface area contributed by atoms with Crippen molar-refractivity contribution in [2.24, 2.45) is 11.3 Å². The van der Waals surface area contributed by atoms with E-state index >= 15 is 0 Å². The summed E-state index contributed by atoms with van der Waals surface area (Å²) in [6.07, 6.45) is 6.05. The number of likely N-dealkylation sites (tertiary alicyclic amines) is 1. The molecule has 0 bridgehead atoms. The van der Waals surface area contributed by atoms with Crippen LogP contribution in [0.3, 0.4) is 0 Å². The summed E-state index contributed by atoms with van der Waals surface area (Å²) in [4.78, 5) is 14.5. The fourth-order valence-corrected chi connectivity index (χ4v) is 5.60. The van der Waals surface area contributed by atoms with Crippen LogP contribution < -0.4 is 10.6 Å². The summed E-state index contributed by atoms with van der Waals surface area (Å²) >= 11 is 5.93. The highest BCUT2D eigenvalue weighted by molar-refractivity contribution is 6.22. The number of allylic oxidation sites excluding steroid dienone is 7. The van der Waals surface area contributed by atoms with E-state index in [1.54, 1.807) is 6.07 Å². The number of nitrogens with one attached hydrogen (secondary N) is 2. The number of rotatable bonds is 7. The molecule has 0 saturated carbocycles. The fourth-order valence-electron chi connectivity index (χ4n) is 5.38. The molecule has 1 saturated heterocycles. The first kappa shape index (κ1) is 28.9. The number of piperidine rings is 1. The Kier molecular flexibility index (Phi) is 9.19. The summed E-state index contributed by atoms with van der Waals surface area (Å²) in [5.41, 5.74) is 2.58. The second-order valence-electron chi connectivity index (χ2n) is 10.3. The van der Waals surface area contributed by atoms with E-state index in [9.17, 15) is 27.6 Å². The average molecular weight is 563 g/mol. The van der Waals surface area contributed by atoms with Gasteiger partial charge in [0.15, 0.2) is 0 Å². The first-order valence-electron chi connectivity index (χ1n) is 13.0. The smallest absolute Gasteiger partial charge is 0.337 e. The molecule has 0 aromatic heterocycles. The lowest BCUT2D eigenvalue weighted by Crippen LogP contribution is -2.51. The SMILES string of the molecule is N#Cc1cccc(C2=CCC(C3(CNC(=O)NC4=CC(Cl)C(F)C=C4)CCN(CCC(F)(F)F)CC3)C=C2)c1. The molecule has 1 aliphatic heterocycles. The number of halogens is 5. The molecule has 3 unspecified atom stereocenters. The highest BCUT2D eigenvalue weighted by atomic mass is 35.5. The molecule has 2 aliphatic carbocycles. The number of hydrogen-bond donors (Lipinski definition) is 2. The minimum atomic E-state index is -4.20. The van der Waals surface area contributed by atoms with E-state index in [-0.39, 0.29) is 17.9 Å². The average Bonchev–Trinajstić information content (AvgIpc) is 2.93. The van der Waals surface area contributed by atoms with Crippen molar-refractivity contribution in [1.82, 2.24) is 15.5 Å².